The minimum absolute atomic E-state index is 0.0273. The van der Waals surface area contributed by atoms with Gasteiger partial charge in [0.25, 0.3) is 22.7 Å². The molecule has 0 radical (unpaired) electrons. The third-order valence-corrected chi connectivity index (χ3v) is 27.5. The van der Waals surface area contributed by atoms with Gasteiger partial charge in [0.2, 0.25) is 17.1 Å². The molecule has 0 atom stereocenters. The van der Waals surface area contributed by atoms with Gasteiger partial charge in [0, 0.05) is 194 Å². The molecule has 0 saturated heterocycles. The number of methoxy groups -OCH3 is 1. The van der Waals surface area contributed by atoms with E-state index in [1.54, 1.807) is 93.3 Å². The Kier molecular flexibility index (Phi) is 24.5. The Morgan fingerprint density at radius 3 is 1.06 bits per heavy atom. The maximum absolute atomic E-state index is 13.7. The van der Waals surface area contributed by atoms with Crippen LogP contribution in [0.1, 0.15) is 166 Å². The molecule has 17 rings (SSSR count). The quantitative estimate of drug-likeness (QED) is 0.0212. The first-order chi connectivity index (χ1) is 63.7. The van der Waals surface area contributed by atoms with E-state index >= 15 is 0 Å². The highest BCUT2D eigenvalue weighted by Gasteiger charge is 2.53. The average molecular weight is 1860 g/mol. The highest BCUT2D eigenvalue weighted by Crippen LogP contribution is 2.56. The Hall–Kier alpha value is -14.6. The molecule has 0 amide bonds. The highest BCUT2D eigenvalue weighted by atomic mass is 19.4. The van der Waals surface area contributed by atoms with E-state index in [4.69, 9.17) is 4.74 Å². The number of ketones is 3. The predicted molar refractivity (Wildman–Crippen MR) is 498 cm³/mol. The third-order valence-electron chi connectivity index (χ3n) is 27.5. The van der Waals surface area contributed by atoms with Gasteiger partial charge < -0.3 is 34.8 Å². The molecular weight excluding hydrogens is 1760 g/mol. The van der Waals surface area contributed by atoms with Gasteiger partial charge in [-0.05, 0) is 145 Å². The van der Waals surface area contributed by atoms with Crippen LogP contribution in [0, 0.1) is 46.4 Å². The fraction of sp³-hybridized carbons (Fsp3) is 0.314. The van der Waals surface area contributed by atoms with Gasteiger partial charge in [-0.15, -0.1) is 0 Å². The first kappa shape index (κ1) is 96.0. The van der Waals surface area contributed by atoms with Gasteiger partial charge in [-0.25, -0.2) is 0 Å². The van der Waals surface area contributed by atoms with E-state index < -0.39 is 87.2 Å². The number of anilines is 3. The van der Waals surface area contributed by atoms with Gasteiger partial charge in [-0.2, -0.15) is 40.1 Å². The van der Waals surface area contributed by atoms with Crippen molar-refractivity contribution in [2.45, 2.75) is 169 Å². The number of hydrogen-bond donors (Lipinski definition) is 0. The Morgan fingerprint density at radius 1 is 0.382 bits per heavy atom. The smallest absolute Gasteiger partial charge is 0.416 e. The Balaban J connectivity index is 0.000000155. The summed E-state index contributed by atoms with van der Waals surface area (Å²) < 4.78 is 92.6. The molecule has 31 heteroatoms. The lowest BCUT2D eigenvalue weighted by molar-refractivity contribution is -0.456. The van der Waals surface area contributed by atoms with E-state index in [1.165, 1.54) is 67.8 Å². The lowest BCUT2D eigenvalue weighted by Gasteiger charge is -2.33. The molecule has 8 aromatic carbocycles. The maximum Gasteiger partial charge on any atom is 0.416 e. The monoisotopic (exact) mass is 1850 g/mol. The molecular formula is C105H100F6N10O15. The number of allylic oxidation sites excluding steroid dienone is 15. The molecule has 0 N–H and O–H groups in total. The largest absolute Gasteiger partial charge is 0.871 e. The van der Waals surface area contributed by atoms with Crippen molar-refractivity contribution in [3.63, 3.8) is 0 Å². The maximum atomic E-state index is 13.7. The van der Waals surface area contributed by atoms with Crippen LogP contribution in [-0.2, 0) is 77.1 Å². The van der Waals surface area contributed by atoms with Crippen LogP contribution < -0.4 is 30.0 Å². The topological polar surface area (TPSA) is 321 Å². The summed E-state index contributed by atoms with van der Waals surface area (Å²) in [6.07, 6.45) is 0.371. The normalized spacial score (nSPS) is 20.0. The third kappa shape index (κ3) is 16.4. The van der Waals surface area contributed by atoms with E-state index in [-0.39, 0.29) is 98.3 Å². The van der Waals surface area contributed by atoms with E-state index in [2.05, 4.69) is 0 Å². The van der Waals surface area contributed by atoms with E-state index in [1.807, 2.05) is 167 Å². The van der Waals surface area contributed by atoms with Crippen LogP contribution in [0.25, 0.3) is 0 Å². The number of alkyl halides is 6. The molecule has 6 heterocycles. The Bertz CT molecular complexity index is 6660. The van der Waals surface area contributed by atoms with Crippen LogP contribution in [0.5, 0.6) is 0 Å². The Morgan fingerprint density at radius 2 is 0.713 bits per heavy atom. The summed E-state index contributed by atoms with van der Waals surface area (Å²) in [4.78, 5) is 91.0. The van der Waals surface area contributed by atoms with Gasteiger partial charge >= 0.3 is 12.4 Å². The van der Waals surface area contributed by atoms with Gasteiger partial charge in [0.15, 0.2) is 54.1 Å². The Labute approximate surface area is 781 Å². The van der Waals surface area contributed by atoms with Crippen molar-refractivity contribution in [2.24, 2.45) is 5.92 Å². The molecule has 0 spiro atoms. The molecule has 6 aliphatic heterocycles. The summed E-state index contributed by atoms with van der Waals surface area (Å²) in [5.41, 5.74) is 7.79. The average Bonchev–Trinajstić information content (AvgIpc) is 1.60. The number of ether oxygens (including phenoxy) is 1. The summed E-state index contributed by atoms with van der Waals surface area (Å²) in [7, 11) is 1.50. The minimum Gasteiger partial charge on any atom is -0.871 e. The number of carbonyl (C=O) groups excluding carboxylic acids is 3. The van der Waals surface area contributed by atoms with E-state index in [9.17, 15) is 96.5 Å². The van der Waals surface area contributed by atoms with Crippen molar-refractivity contribution in [1.82, 2.24) is 0 Å². The van der Waals surface area contributed by atoms with Crippen molar-refractivity contribution in [3.05, 3.63) is 370 Å². The van der Waals surface area contributed by atoms with Crippen LogP contribution in [-0.4, -0.2) is 108 Å². The lowest BCUT2D eigenvalue weighted by atomic mass is 9.77. The van der Waals surface area contributed by atoms with Crippen LogP contribution >= 0.6 is 0 Å². The van der Waals surface area contributed by atoms with Crippen molar-refractivity contribution in [3.8, 4) is 0 Å². The fourth-order valence-corrected chi connectivity index (χ4v) is 20.1. The number of nitro groups is 4. The molecule has 8 aromatic rings. The zero-order valence-corrected chi connectivity index (χ0v) is 78.0. The van der Waals surface area contributed by atoms with Crippen LogP contribution in [0.2, 0.25) is 0 Å². The molecule has 0 bridgehead atoms. The van der Waals surface area contributed by atoms with Crippen molar-refractivity contribution in [2.75, 3.05) is 54.6 Å². The zero-order valence-electron chi connectivity index (χ0n) is 78.0. The van der Waals surface area contributed by atoms with Crippen LogP contribution in [0.15, 0.2) is 274 Å². The number of Topliss-reactive ketones (excluding diaryl/α,β-unsaturated/α-hetero) is 3. The SMILES string of the molecule is CCN1C(=CC2=C([O-])C(=CC3=[N+](Cc4ccccc4)c4cc([N+](=O)[O-])ccc4C3(C)C)C2=O)C(C)(C)c2ccc([N+](=O)[O-])cc21.CCN1C(=CC2=C([O-])C(=CC3=[N+](Cc4ccccc4)c4cc([N+](=O)[O-])ccc4C3(C)C)C2=O)C(C)(C)c2ccc([N+](=O)[O-])cc21.COCCN1C(=CC2=C([O-])C(=CC3=[N+](CC(C)C)c4ccc(C(F)(F)F)cc4C3(C)C)C2=O)C(C)(C)c2cc(C(F)(F)F)ccc21. The van der Waals surface area contributed by atoms with Gasteiger partial charge in [-0.1, -0.05) is 133 Å². The highest BCUT2D eigenvalue weighted by molar-refractivity contribution is 6.26. The minimum atomic E-state index is -4.55. The lowest BCUT2D eigenvalue weighted by Crippen LogP contribution is -2.35. The number of benzene rings is 8. The molecule has 136 heavy (non-hydrogen) atoms. The van der Waals surface area contributed by atoms with Gasteiger partial charge in [0.1, 0.15) is 0 Å². The van der Waals surface area contributed by atoms with Crippen LogP contribution in [0.3, 0.4) is 0 Å². The van der Waals surface area contributed by atoms with Crippen molar-refractivity contribution < 1.29 is 94.2 Å². The molecule has 702 valence electrons. The first-order valence-corrected chi connectivity index (χ1v) is 44.4. The molecule has 0 unspecified atom stereocenters. The predicted octanol–water partition coefficient (Wildman–Crippen LogP) is 19.0. The van der Waals surface area contributed by atoms with E-state index in [0.717, 1.165) is 69.0 Å². The number of hydrogen-bond acceptors (Lipinski definition) is 18. The number of non-ortho nitro benzene ring substituents is 4. The molecule has 0 fully saturated rings. The number of rotatable bonds is 21. The van der Waals surface area contributed by atoms with Crippen LogP contribution in [0.4, 0.5) is 83.2 Å². The second-order valence-electron chi connectivity index (χ2n) is 38.5. The second kappa shape index (κ2) is 34.7. The summed E-state index contributed by atoms with van der Waals surface area (Å²) in [5, 5.41) is 87.2. The number of nitro benzene ring substituents is 4. The van der Waals surface area contributed by atoms with Crippen molar-refractivity contribution >= 4 is 91.4 Å². The molecule has 0 aromatic heterocycles. The number of carbonyl (C=O) groups is 3. The fourth-order valence-electron chi connectivity index (χ4n) is 20.1. The summed E-state index contributed by atoms with van der Waals surface area (Å²) >= 11 is 0. The first-order valence-electron chi connectivity index (χ1n) is 44.4. The standard InChI is InChI=1S/C35H36F6N2O3.2C35H32N4O6/c1-19(2)18-43-27-11-9-21(35(39,40)41)15-25(27)33(5,6)29(43)17-23-30(44)22(31(23)45)16-28-32(3,4)24-14-20(34(36,37)38)8-10-26(24)42(28)12-13-46-7;2*1-6-36-28-16-22(38(42)43)12-14-26(28)34(2,3)30(36)18-24-32(40)25(33(24)41)19-31-35(4,5)27-15-13-23(39(44)45)17-29(27)37(31)20-21-10-8-7-9-11-21/h8-11,14-17,19H,12-13,18H2,1-7H3;2*7-19H,6,20H2,1-5H3. The van der Waals surface area contributed by atoms with E-state index in [0.29, 0.717) is 101 Å². The van der Waals surface area contributed by atoms with Gasteiger partial charge in [-0.3, -0.25) is 54.8 Å². The molecule has 9 aliphatic rings. The summed E-state index contributed by atoms with van der Waals surface area (Å²) in [6, 6.07) is 45.4. The zero-order chi connectivity index (χ0) is 99.0. The second-order valence-corrected chi connectivity index (χ2v) is 38.5. The summed E-state index contributed by atoms with van der Waals surface area (Å²) in [5.74, 6) is -2.49. The molecule has 3 aliphatic carbocycles. The number of fused-ring (bicyclic) bond motifs is 6. The van der Waals surface area contributed by atoms with Gasteiger partial charge in [0.05, 0.1) is 77.2 Å². The number of likely N-dealkylation sites (N-methyl/N-ethyl adjacent to an activating group) is 2. The number of nitrogens with zero attached hydrogens (tertiary/aromatic N) is 10. The van der Waals surface area contributed by atoms with Crippen molar-refractivity contribution in [1.29, 1.82) is 0 Å². The summed E-state index contributed by atoms with van der Waals surface area (Å²) in [6.45, 7) is 33.3. The molecule has 0 saturated carbocycles. The molecule has 25 nitrogen and oxygen atoms in total. The number of halogens is 6.